The summed E-state index contributed by atoms with van der Waals surface area (Å²) in [5.74, 6) is 1.86. The molecule has 0 radical (unpaired) electrons. The maximum atomic E-state index is 3.85. The molecule has 0 heterocycles. The van der Waals surface area contributed by atoms with E-state index < -0.39 is 0 Å². The molecule has 0 bridgehead atoms. The van der Waals surface area contributed by atoms with E-state index in [4.69, 9.17) is 0 Å². The Labute approximate surface area is 92.4 Å². The highest BCUT2D eigenvalue weighted by Gasteiger charge is 2.36. The van der Waals surface area contributed by atoms with E-state index in [2.05, 4.69) is 37.2 Å². The monoisotopic (exact) mass is 213 g/mol. The Hall–Kier alpha value is 0.310. The van der Waals surface area contributed by atoms with Crippen LogP contribution in [0.2, 0.25) is 0 Å². The van der Waals surface area contributed by atoms with Gasteiger partial charge in [-0.25, -0.2) is 0 Å². The fourth-order valence-corrected chi connectivity index (χ4v) is 3.66. The maximum Gasteiger partial charge on any atom is 0.0100 e. The predicted octanol–water partition coefficient (Wildman–Crippen LogP) is 2.90. The van der Waals surface area contributed by atoms with Gasteiger partial charge in [0, 0.05) is 17.3 Å². The zero-order valence-electron chi connectivity index (χ0n) is 9.62. The summed E-state index contributed by atoms with van der Waals surface area (Å²) in [6.07, 6.45) is 7.89. The molecule has 1 nitrogen and oxygen atoms in total. The van der Waals surface area contributed by atoms with Gasteiger partial charge in [0.05, 0.1) is 0 Å². The van der Waals surface area contributed by atoms with Gasteiger partial charge in [0.15, 0.2) is 0 Å². The molecule has 1 N–H and O–H groups in total. The summed E-state index contributed by atoms with van der Waals surface area (Å²) >= 11 is 2.05. The smallest absolute Gasteiger partial charge is 0.0100 e. The summed E-state index contributed by atoms with van der Waals surface area (Å²) in [6.45, 7) is 4.77. The molecule has 0 amide bonds. The van der Waals surface area contributed by atoms with E-state index in [9.17, 15) is 0 Å². The Balaban J connectivity index is 1.72. The van der Waals surface area contributed by atoms with Crippen LogP contribution in [0.3, 0.4) is 0 Å². The number of hydrogen-bond acceptors (Lipinski definition) is 2. The molecule has 2 aliphatic carbocycles. The van der Waals surface area contributed by atoms with Crippen LogP contribution in [-0.4, -0.2) is 23.6 Å². The topological polar surface area (TPSA) is 12.0 Å². The highest BCUT2D eigenvalue weighted by Crippen LogP contribution is 2.36. The van der Waals surface area contributed by atoms with Crippen molar-refractivity contribution in [3.05, 3.63) is 0 Å². The van der Waals surface area contributed by atoms with Crippen molar-refractivity contribution in [3.63, 3.8) is 0 Å². The summed E-state index contributed by atoms with van der Waals surface area (Å²) in [5, 5.41) is 4.78. The fourth-order valence-electron chi connectivity index (χ4n) is 2.86. The first kappa shape index (κ1) is 10.8. The molecule has 2 saturated carbocycles. The highest BCUT2D eigenvalue weighted by molar-refractivity contribution is 7.99. The third-order valence-corrected chi connectivity index (χ3v) is 5.42. The van der Waals surface area contributed by atoms with Crippen molar-refractivity contribution in [2.75, 3.05) is 6.26 Å². The molecule has 0 aromatic carbocycles. The summed E-state index contributed by atoms with van der Waals surface area (Å²) in [6, 6.07) is 1.66. The lowest BCUT2D eigenvalue weighted by molar-refractivity contribution is 0.126. The Morgan fingerprint density at radius 3 is 2.43 bits per heavy atom. The summed E-state index contributed by atoms with van der Waals surface area (Å²) in [7, 11) is 0. The number of nitrogens with one attached hydrogen (secondary N) is 1. The van der Waals surface area contributed by atoms with E-state index in [0.29, 0.717) is 0 Å². The van der Waals surface area contributed by atoms with Crippen LogP contribution in [0.5, 0.6) is 0 Å². The molecule has 2 heteroatoms. The predicted molar refractivity (Wildman–Crippen MR) is 64.8 cm³/mol. The average Bonchev–Trinajstić information content (AvgIpc) is 2.65. The lowest BCUT2D eigenvalue weighted by Gasteiger charge is -2.43. The lowest BCUT2D eigenvalue weighted by Crippen LogP contribution is -2.51. The number of thioether (sulfide) groups is 1. The fraction of sp³-hybridized carbons (Fsp3) is 1.00. The zero-order chi connectivity index (χ0) is 10.1. The third-order valence-electron chi connectivity index (χ3n) is 4.33. The van der Waals surface area contributed by atoms with Crippen molar-refractivity contribution in [1.29, 1.82) is 0 Å². The minimum Gasteiger partial charge on any atom is -0.311 e. The second-order valence-corrected chi connectivity index (χ2v) is 6.35. The Morgan fingerprint density at radius 2 is 1.93 bits per heavy atom. The van der Waals surface area contributed by atoms with Crippen LogP contribution >= 0.6 is 11.8 Å². The van der Waals surface area contributed by atoms with Crippen LogP contribution in [0, 0.1) is 11.8 Å². The quantitative estimate of drug-likeness (QED) is 0.773. The van der Waals surface area contributed by atoms with Gasteiger partial charge in [0.25, 0.3) is 0 Å². The highest BCUT2D eigenvalue weighted by atomic mass is 32.2. The summed E-state index contributed by atoms with van der Waals surface area (Å²) in [4.78, 5) is 0. The molecule has 14 heavy (non-hydrogen) atoms. The molecule has 0 aromatic rings. The van der Waals surface area contributed by atoms with Crippen molar-refractivity contribution >= 4 is 11.8 Å². The largest absolute Gasteiger partial charge is 0.311 e. The van der Waals surface area contributed by atoms with Gasteiger partial charge in [-0.2, -0.15) is 11.8 Å². The van der Waals surface area contributed by atoms with Crippen LogP contribution in [0.25, 0.3) is 0 Å². The first-order chi connectivity index (χ1) is 6.70. The van der Waals surface area contributed by atoms with Gasteiger partial charge in [-0.3, -0.25) is 0 Å². The molecule has 2 rings (SSSR count). The molecule has 2 fully saturated rings. The molecular weight excluding hydrogens is 190 g/mol. The third kappa shape index (κ3) is 2.11. The van der Waals surface area contributed by atoms with Gasteiger partial charge in [0.1, 0.15) is 0 Å². The van der Waals surface area contributed by atoms with Gasteiger partial charge in [-0.15, -0.1) is 0 Å². The van der Waals surface area contributed by atoms with E-state index in [1.54, 1.807) is 0 Å². The standard InChI is InChI=1S/C12H23NS/c1-8-6-12(9(8)2)13-10-4-5-11(7-10)14-3/h8-13H,4-7H2,1-3H3. The van der Waals surface area contributed by atoms with E-state index >= 15 is 0 Å². The molecular formula is C12H23NS. The van der Waals surface area contributed by atoms with Gasteiger partial charge in [-0.1, -0.05) is 13.8 Å². The zero-order valence-corrected chi connectivity index (χ0v) is 10.4. The lowest BCUT2D eigenvalue weighted by atomic mass is 9.71. The maximum absolute atomic E-state index is 3.85. The molecule has 0 spiro atoms. The molecule has 0 aliphatic heterocycles. The second kappa shape index (κ2) is 4.44. The summed E-state index contributed by atoms with van der Waals surface area (Å²) < 4.78 is 0. The van der Waals surface area contributed by atoms with E-state index in [0.717, 1.165) is 29.2 Å². The minimum absolute atomic E-state index is 0.826. The Kier molecular flexibility index (Phi) is 3.43. The van der Waals surface area contributed by atoms with Crippen LogP contribution in [0.1, 0.15) is 39.5 Å². The number of rotatable bonds is 3. The molecule has 0 saturated heterocycles. The van der Waals surface area contributed by atoms with Crippen LogP contribution in [0.4, 0.5) is 0 Å². The first-order valence-corrected chi connectivity index (χ1v) is 7.28. The van der Waals surface area contributed by atoms with Crippen molar-refractivity contribution in [2.24, 2.45) is 11.8 Å². The average molecular weight is 213 g/mol. The van der Waals surface area contributed by atoms with Crippen molar-refractivity contribution < 1.29 is 0 Å². The van der Waals surface area contributed by atoms with E-state index in [1.165, 1.54) is 25.7 Å². The molecule has 82 valence electrons. The molecule has 5 unspecified atom stereocenters. The summed E-state index contributed by atoms with van der Waals surface area (Å²) in [5.41, 5.74) is 0. The number of hydrogen-bond donors (Lipinski definition) is 1. The van der Waals surface area contributed by atoms with E-state index in [-0.39, 0.29) is 0 Å². The molecule has 2 aliphatic rings. The van der Waals surface area contributed by atoms with Gasteiger partial charge >= 0.3 is 0 Å². The van der Waals surface area contributed by atoms with Crippen LogP contribution < -0.4 is 5.32 Å². The van der Waals surface area contributed by atoms with Crippen LogP contribution in [-0.2, 0) is 0 Å². The molecule has 5 atom stereocenters. The Bertz CT molecular complexity index is 195. The second-order valence-electron chi connectivity index (χ2n) is 5.21. The van der Waals surface area contributed by atoms with Crippen molar-refractivity contribution in [1.82, 2.24) is 5.32 Å². The minimum atomic E-state index is 0.826. The van der Waals surface area contributed by atoms with Crippen LogP contribution in [0.15, 0.2) is 0 Å². The Morgan fingerprint density at radius 1 is 1.14 bits per heavy atom. The van der Waals surface area contributed by atoms with E-state index in [1.807, 2.05) is 0 Å². The van der Waals surface area contributed by atoms with Gasteiger partial charge in [0.2, 0.25) is 0 Å². The van der Waals surface area contributed by atoms with Gasteiger partial charge < -0.3 is 5.32 Å². The normalized spacial score (nSPS) is 47.8. The van der Waals surface area contributed by atoms with Crippen molar-refractivity contribution in [3.8, 4) is 0 Å². The first-order valence-electron chi connectivity index (χ1n) is 5.99. The van der Waals surface area contributed by atoms with Gasteiger partial charge in [-0.05, 0) is 43.8 Å². The molecule has 0 aromatic heterocycles. The van der Waals surface area contributed by atoms with Crippen molar-refractivity contribution in [2.45, 2.75) is 56.9 Å². The SMILES string of the molecule is CSC1CCC(NC2CC(C)C2C)C1.